The van der Waals surface area contributed by atoms with E-state index in [1.807, 2.05) is 32.0 Å². The molecule has 166 valence electrons. The lowest BCUT2D eigenvalue weighted by Gasteiger charge is -2.20. The van der Waals surface area contributed by atoms with E-state index in [2.05, 4.69) is 15.3 Å². The summed E-state index contributed by atoms with van der Waals surface area (Å²) in [6.45, 7) is 7.29. The number of halogens is 3. The van der Waals surface area contributed by atoms with Crippen LogP contribution in [-0.2, 0) is 10.7 Å². The Bertz CT molecular complexity index is 1160. The average Bonchev–Trinajstić information content (AvgIpc) is 2.71. The molecule has 3 rings (SSSR count). The summed E-state index contributed by atoms with van der Waals surface area (Å²) in [7, 11) is -2.52. The molecule has 9 heteroatoms. The number of hydrogen-bond acceptors (Lipinski definition) is 5. The number of aromatic nitrogens is 2. The Kier molecular flexibility index (Phi) is 6.33. The molecule has 0 aliphatic heterocycles. The van der Waals surface area contributed by atoms with E-state index < -0.39 is 24.9 Å². The predicted molar refractivity (Wildman–Crippen MR) is 120 cm³/mol. The van der Waals surface area contributed by atoms with E-state index in [-0.39, 0.29) is 5.69 Å². The van der Waals surface area contributed by atoms with Crippen molar-refractivity contribution < 1.29 is 17.7 Å². The van der Waals surface area contributed by atoms with E-state index in [1.165, 1.54) is 6.07 Å². The maximum atomic E-state index is 13.2. The molecule has 3 N–H and O–H groups in total. The molecule has 0 bridgehead atoms. The quantitative estimate of drug-likeness (QED) is 0.370. The molecule has 31 heavy (non-hydrogen) atoms. The molecule has 0 saturated carbocycles. The number of anilines is 2. The van der Waals surface area contributed by atoms with Crippen molar-refractivity contribution in [2.24, 2.45) is 0 Å². The molecule has 1 atom stereocenters. The second kappa shape index (κ2) is 8.50. The molecule has 2 aromatic carbocycles. The minimum atomic E-state index is -4.49. The molecule has 0 aliphatic rings. The van der Waals surface area contributed by atoms with E-state index in [1.54, 1.807) is 13.8 Å². The van der Waals surface area contributed by atoms with Gasteiger partial charge < -0.3 is 15.6 Å². The fourth-order valence-electron chi connectivity index (χ4n) is 3.56. The van der Waals surface area contributed by atoms with Gasteiger partial charge >= 0.3 is 6.18 Å². The van der Waals surface area contributed by atoms with Crippen molar-refractivity contribution >= 4 is 34.9 Å². The molecule has 0 unspecified atom stereocenters. The fourth-order valence-corrected chi connectivity index (χ4v) is 5.45. The summed E-state index contributed by atoms with van der Waals surface area (Å²) in [6, 6.07) is 8.49. The molecule has 3 aromatic rings. The van der Waals surface area contributed by atoms with Gasteiger partial charge in [0, 0.05) is 28.7 Å². The van der Waals surface area contributed by atoms with Crippen molar-refractivity contribution in [3.05, 3.63) is 53.3 Å². The van der Waals surface area contributed by atoms with E-state index in [9.17, 15) is 17.7 Å². The Morgan fingerprint density at radius 2 is 1.77 bits per heavy atom. The normalized spacial score (nSPS) is 13.4. The highest BCUT2D eigenvalue weighted by Crippen LogP contribution is 2.44. The Hall–Kier alpha value is -2.60. The minimum absolute atomic E-state index is 0.0383. The van der Waals surface area contributed by atoms with Crippen LogP contribution in [0.1, 0.15) is 43.8 Å². The third-order valence-electron chi connectivity index (χ3n) is 5.44. The van der Waals surface area contributed by atoms with Crippen molar-refractivity contribution in [3.63, 3.8) is 0 Å². The largest absolute Gasteiger partial charge is 0.416 e. The number of nitrogens with one attached hydrogen (secondary N) is 1. The number of nitrogen functional groups attached to an aromatic ring is 1. The topological polar surface area (TPSA) is 80.9 Å². The summed E-state index contributed by atoms with van der Waals surface area (Å²) in [5, 5.41) is 4.62. The van der Waals surface area contributed by atoms with Crippen molar-refractivity contribution in [1.82, 2.24) is 9.97 Å². The molecule has 5 nitrogen and oxygen atoms in total. The first-order chi connectivity index (χ1) is 14.5. The highest BCUT2D eigenvalue weighted by Gasteiger charge is 2.31. The highest BCUT2D eigenvalue weighted by molar-refractivity contribution is 7.71. The first kappa shape index (κ1) is 23.1. The number of benzene rings is 2. The zero-order chi connectivity index (χ0) is 23.0. The molecule has 0 amide bonds. The van der Waals surface area contributed by atoms with Gasteiger partial charge in [0.05, 0.1) is 17.1 Å². The fraction of sp³-hybridized carbons (Fsp3) is 0.364. The Balaban J connectivity index is 2.06. The van der Waals surface area contributed by atoms with Crippen molar-refractivity contribution in [2.45, 2.75) is 39.9 Å². The Labute approximate surface area is 179 Å². The van der Waals surface area contributed by atoms with Gasteiger partial charge in [-0.1, -0.05) is 13.8 Å². The van der Waals surface area contributed by atoms with Crippen LogP contribution in [0.2, 0.25) is 0 Å². The van der Waals surface area contributed by atoms with E-state index in [0.29, 0.717) is 40.4 Å². The van der Waals surface area contributed by atoms with Crippen molar-refractivity contribution in [1.29, 1.82) is 0 Å². The lowest BCUT2D eigenvalue weighted by Crippen LogP contribution is -2.14. The van der Waals surface area contributed by atoms with Crippen LogP contribution < -0.4 is 16.4 Å². The number of nitrogens with two attached hydrogens (primary N) is 1. The van der Waals surface area contributed by atoms with Crippen LogP contribution in [0, 0.1) is 6.92 Å². The second-order valence-electron chi connectivity index (χ2n) is 7.59. The van der Waals surface area contributed by atoms with Gasteiger partial charge in [-0.25, -0.2) is 9.97 Å². The third kappa shape index (κ3) is 4.85. The number of fused-ring (bicyclic) bond motifs is 1. The number of aryl methyl sites for hydroxylation is 1. The number of hydrogen-bond donors (Lipinski definition) is 2. The summed E-state index contributed by atoms with van der Waals surface area (Å²) >= 11 is 0. The summed E-state index contributed by atoms with van der Waals surface area (Å²) in [5.74, 6) is 0.999. The first-order valence-electron chi connectivity index (χ1n) is 10.1. The van der Waals surface area contributed by atoms with E-state index >= 15 is 0 Å². The number of nitrogens with zero attached hydrogens (tertiary/aromatic N) is 2. The predicted octanol–water partition coefficient (Wildman–Crippen LogP) is 5.74. The Morgan fingerprint density at radius 1 is 1.10 bits per heavy atom. The monoisotopic (exact) mass is 450 g/mol. The van der Waals surface area contributed by atoms with E-state index in [0.717, 1.165) is 17.4 Å². The van der Waals surface area contributed by atoms with Crippen LogP contribution in [0.15, 0.2) is 36.4 Å². The van der Waals surface area contributed by atoms with Crippen molar-refractivity contribution in [3.8, 4) is 0 Å². The molecule has 1 heterocycles. The van der Waals surface area contributed by atoms with Gasteiger partial charge in [0.1, 0.15) is 18.8 Å². The standard InChI is InChI=1S/C22H26F3N4OP/c1-5-31(30,6-2)18-7-8-20-19(12-18)21(29-14(4)28-20)27-13(3)15-9-16(22(23,24)25)11-17(26)10-15/h7-13H,5-6,26H2,1-4H3,(H,27,28,29)/t13-/m1/s1. The third-order valence-corrected chi connectivity index (χ3v) is 8.70. The van der Waals surface area contributed by atoms with Crippen LogP contribution in [0.25, 0.3) is 10.9 Å². The molecular weight excluding hydrogens is 424 g/mol. The van der Waals surface area contributed by atoms with Crippen LogP contribution in [0.5, 0.6) is 0 Å². The summed E-state index contributed by atoms with van der Waals surface area (Å²) in [6.07, 6.45) is -3.40. The molecule has 0 aliphatic carbocycles. The van der Waals surface area contributed by atoms with E-state index in [4.69, 9.17) is 5.73 Å². The van der Waals surface area contributed by atoms with Gasteiger partial charge in [0.2, 0.25) is 0 Å². The highest BCUT2D eigenvalue weighted by atomic mass is 31.2. The lowest BCUT2D eigenvalue weighted by atomic mass is 10.0. The molecule has 0 spiro atoms. The zero-order valence-electron chi connectivity index (χ0n) is 17.9. The van der Waals surface area contributed by atoms with Crippen LogP contribution >= 0.6 is 7.14 Å². The number of alkyl halides is 3. The minimum Gasteiger partial charge on any atom is -0.399 e. The van der Waals surface area contributed by atoms with Gasteiger partial charge in [-0.05, 0) is 55.8 Å². The molecule has 0 radical (unpaired) electrons. The smallest absolute Gasteiger partial charge is 0.399 e. The van der Waals surface area contributed by atoms with Gasteiger partial charge in [-0.15, -0.1) is 0 Å². The molecule has 0 saturated heterocycles. The average molecular weight is 450 g/mol. The molecule has 0 fully saturated rings. The molecule has 1 aromatic heterocycles. The summed E-state index contributed by atoms with van der Waals surface area (Å²) < 4.78 is 52.8. The first-order valence-corrected chi connectivity index (χ1v) is 12.2. The second-order valence-corrected chi connectivity index (χ2v) is 11.2. The Morgan fingerprint density at radius 3 is 2.39 bits per heavy atom. The van der Waals surface area contributed by atoms with Crippen LogP contribution in [0.4, 0.5) is 24.7 Å². The maximum Gasteiger partial charge on any atom is 0.416 e. The lowest BCUT2D eigenvalue weighted by molar-refractivity contribution is -0.137. The SMILES string of the molecule is CCP(=O)(CC)c1ccc2nc(C)nc(N[C@H](C)c3cc(N)cc(C(F)(F)F)c3)c2c1. The van der Waals surface area contributed by atoms with Gasteiger partial charge in [0.15, 0.2) is 0 Å². The van der Waals surface area contributed by atoms with Crippen LogP contribution in [-0.4, -0.2) is 22.3 Å². The van der Waals surface area contributed by atoms with Crippen LogP contribution in [0.3, 0.4) is 0 Å². The van der Waals surface area contributed by atoms with Gasteiger partial charge in [-0.2, -0.15) is 13.2 Å². The maximum absolute atomic E-state index is 13.2. The zero-order valence-corrected chi connectivity index (χ0v) is 18.8. The molecular formula is C22H26F3N4OP. The summed E-state index contributed by atoms with van der Waals surface area (Å²) in [5.41, 5.74) is 6.02. The van der Waals surface area contributed by atoms with Gasteiger partial charge in [0.25, 0.3) is 0 Å². The van der Waals surface area contributed by atoms with Crippen molar-refractivity contribution in [2.75, 3.05) is 23.4 Å². The number of rotatable bonds is 6. The van der Waals surface area contributed by atoms with Gasteiger partial charge in [-0.3, -0.25) is 0 Å². The summed E-state index contributed by atoms with van der Waals surface area (Å²) in [4.78, 5) is 8.91.